The Labute approximate surface area is 187 Å². The quantitative estimate of drug-likeness (QED) is 0.393. The smallest absolute Gasteiger partial charge is 0.194 e. The summed E-state index contributed by atoms with van der Waals surface area (Å²) in [4.78, 5) is 10.2. The zero-order valence-electron chi connectivity index (χ0n) is 17.9. The first kappa shape index (κ1) is 21.9. The number of guanidine groups is 1. The van der Waals surface area contributed by atoms with Gasteiger partial charge in [-0.25, -0.2) is 4.99 Å². The molecule has 2 heterocycles. The third kappa shape index (κ3) is 4.35. The molecular weight excluding hydrogens is 463 g/mol. The van der Waals surface area contributed by atoms with Crippen LogP contribution in [0, 0.1) is 25.7 Å². The third-order valence-corrected chi connectivity index (χ3v) is 7.16. The van der Waals surface area contributed by atoms with Gasteiger partial charge in [-0.2, -0.15) is 5.10 Å². The van der Waals surface area contributed by atoms with Gasteiger partial charge in [0.2, 0.25) is 0 Å². The number of halogens is 1. The lowest BCUT2D eigenvalue weighted by molar-refractivity contribution is 0.0958. The van der Waals surface area contributed by atoms with Gasteiger partial charge in [0.15, 0.2) is 5.96 Å². The van der Waals surface area contributed by atoms with Gasteiger partial charge < -0.3 is 10.2 Å². The maximum Gasteiger partial charge on any atom is 0.194 e. The van der Waals surface area contributed by atoms with Crippen LogP contribution in [0.5, 0.6) is 0 Å². The van der Waals surface area contributed by atoms with Crippen LogP contribution in [0.2, 0.25) is 0 Å². The van der Waals surface area contributed by atoms with Gasteiger partial charge in [0.1, 0.15) is 0 Å². The highest BCUT2D eigenvalue weighted by atomic mass is 127. The highest BCUT2D eigenvalue weighted by molar-refractivity contribution is 14.0. The summed E-state index contributed by atoms with van der Waals surface area (Å²) in [5.74, 6) is 3.08. The van der Waals surface area contributed by atoms with E-state index >= 15 is 0 Å². The number of nitrogens with zero attached hydrogens (tertiary/aromatic N) is 5. The number of fused-ring (bicyclic) bond motifs is 2. The van der Waals surface area contributed by atoms with Crippen LogP contribution < -0.4 is 5.32 Å². The number of nitrogens with one attached hydrogen (secondary N) is 1. The van der Waals surface area contributed by atoms with E-state index in [1.54, 1.807) is 0 Å². The van der Waals surface area contributed by atoms with Crippen molar-refractivity contribution in [3.05, 3.63) is 17.0 Å². The minimum atomic E-state index is 0. The summed E-state index contributed by atoms with van der Waals surface area (Å²) in [7, 11) is 2.01. The molecule has 1 aromatic rings. The maximum atomic E-state index is 4.96. The average Bonchev–Trinajstić information content (AvgIpc) is 3.36. The Morgan fingerprint density at radius 3 is 2.43 bits per heavy atom. The van der Waals surface area contributed by atoms with Gasteiger partial charge in [-0.1, -0.05) is 6.42 Å². The summed E-state index contributed by atoms with van der Waals surface area (Å²) >= 11 is 0. The molecule has 3 fully saturated rings. The Balaban J connectivity index is 0.00000225. The van der Waals surface area contributed by atoms with Crippen molar-refractivity contribution in [3.63, 3.8) is 0 Å². The zero-order chi connectivity index (χ0) is 19.0. The minimum Gasteiger partial charge on any atom is -0.357 e. The van der Waals surface area contributed by atoms with Crippen molar-refractivity contribution >= 4 is 29.9 Å². The highest BCUT2D eigenvalue weighted by Gasteiger charge is 2.42. The molecule has 0 spiro atoms. The van der Waals surface area contributed by atoms with Crippen molar-refractivity contribution in [1.82, 2.24) is 24.9 Å². The first-order valence-corrected chi connectivity index (χ1v) is 10.8. The van der Waals surface area contributed by atoms with E-state index in [9.17, 15) is 0 Å². The molecule has 1 saturated heterocycles. The Kier molecular flexibility index (Phi) is 7.28. The fraction of sp³-hybridized carbons (Fsp3) is 0.810. The molecule has 158 valence electrons. The molecule has 3 unspecified atom stereocenters. The summed E-state index contributed by atoms with van der Waals surface area (Å²) < 4.78 is 1.96. The Morgan fingerprint density at radius 1 is 1.14 bits per heavy atom. The van der Waals surface area contributed by atoms with Crippen LogP contribution in [0.15, 0.2) is 4.99 Å². The van der Waals surface area contributed by atoms with Crippen molar-refractivity contribution in [1.29, 1.82) is 0 Å². The molecule has 1 aromatic heterocycles. The summed E-state index contributed by atoms with van der Waals surface area (Å²) in [6.07, 6.45) is 5.92. The first-order valence-electron chi connectivity index (χ1n) is 10.8. The van der Waals surface area contributed by atoms with Crippen LogP contribution in [-0.4, -0.2) is 64.3 Å². The molecule has 0 amide bonds. The molecule has 28 heavy (non-hydrogen) atoms. The average molecular weight is 500 g/mol. The first-order chi connectivity index (χ1) is 13.1. The van der Waals surface area contributed by atoms with Gasteiger partial charge in [-0.05, 0) is 51.9 Å². The molecular formula is C21H37IN6. The number of aliphatic imine (C=N–C) groups is 1. The molecule has 2 bridgehead atoms. The topological polar surface area (TPSA) is 48.7 Å². The standard InChI is InChI=1S/C21H36N6.HI/c1-5-22-21(23-14-19-15(2)24-25(4)16(19)3)27-10-8-26(9-11-27)20-13-17-6-7-18(20)12-17;/h17-18,20H,5-14H2,1-4H3,(H,22,23);1H. The fourth-order valence-corrected chi connectivity index (χ4v) is 5.55. The van der Waals surface area contributed by atoms with Crippen molar-refractivity contribution in [2.24, 2.45) is 23.9 Å². The number of hydrogen-bond donors (Lipinski definition) is 1. The SMILES string of the molecule is CCNC(=NCc1c(C)nn(C)c1C)N1CCN(C2CC3CCC2C3)CC1.I. The number of aryl methyl sites for hydroxylation is 2. The number of hydrogen-bond acceptors (Lipinski definition) is 3. The van der Waals surface area contributed by atoms with Gasteiger partial charge in [0, 0.05) is 57.1 Å². The number of aromatic nitrogens is 2. The monoisotopic (exact) mass is 500 g/mol. The predicted molar refractivity (Wildman–Crippen MR) is 125 cm³/mol. The van der Waals surface area contributed by atoms with Crippen LogP contribution >= 0.6 is 24.0 Å². The van der Waals surface area contributed by atoms with Crippen molar-refractivity contribution in [2.75, 3.05) is 32.7 Å². The maximum absolute atomic E-state index is 4.96. The molecule has 3 aliphatic rings. The van der Waals surface area contributed by atoms with Gasteiger partial charge >= 0.3 is 0 Å². The second-order valence-corrected chi connectivity index (χ2v) is 8.71. The fourth-order valence-electron chi connectivity index (χ4n) is 5.55. The Morgan fingerprint density at radius 2 is 1.89 bits per heavy atom. The molecule has 2 saturated carbocycles. The molecule has 2 aliphatic carbocycles. The van der Waals surface area contributed by atoms with Gasteiger partial charge in [0.25, 0.3) is 0 Å². The Hall–Kier alpha value is -0.830. The molecule has 1 aliphatic heterocycles. The number of piperazine rings is 1. The lowest BCUT2D eigenvalue weighted by atomic mass is 9.93. The van der Waals surface area contributed by atoms with Crippen molar-refractivity contribution < 1.29 is 0 Å². The van der Waals surface area contributed by atoms with Crippen LogP contribution in [0.4, 0.5) is 0 Å². The lowest BCUT2D eigenvalue weighted by Crippen LogP contribution is -2.55. The van der Waals surface area contributed by atoms with E-state index in [1.807, 2.05) is 11.7 Å². The minimum absolute atomic E-state index is 0. The van der Waals surface area contributed by atoms with Crippen LogP contribution in [0.1, 0.15) is 49.6 Å². The zero-order valence-corrected chi connectivity index (χ0v) is 20.3. The van der Waals surface area contributed by atoms with E-state index in [4.69, 9.17) is 4.99 Å². The van der Waals surface area contributed by atoms with E-state index in [2.05, 4.69) is 41.0 Å². The number of rotatable bonds is 4. The molecule has 4 rings (SSSR count). The van der Waals surface area contributed by atoms with E-state index < -0.39 is 0 Å². The summed E-state index contributed by atoms with van der Waals surface area (Å²) in [5.41, 5.74) is 3.57. The summed E-state index contributed by atoms with van der Waals surface area (Å²) in [6, 6.07) is 0.867. The second-order valence-electron chi connectivity index (χ2n) is 8.71. The predicted octanol–water partition coefficient (Wildman–Crippen LogP) is 2.93. The molecule has 3 atom stereocenters. The largest absolute Gasteiger partial charge is 0.357 e. The van der Waals surface area contributed by atoms with Crippen molar-refractivity contribution in [3.8, 4) is 0 Å². The Bertz CT molecular complexity index is 691. The van der Waals surface area contributed by atoms with E-state index in [1.165, 1.54) is 50.0 Å². The van der Waals surface area contributed by atoms with E-state index in [0.717, 1.165) is 49.2 Å². The summed E-state index contributed by atoms with van der Waals surface area (Å²) in [5, 5.41) is 8.04. The van der Waals surface area contributed by atoms with E-state index in [0.29, 0.717) is 6.54 Å². The molecule has 7 heteroatoms. The van der Waals surface area contributed by atoms with Crippen LogP contribution in [-0.2, 0) is 13.6 Å². The normalized spacial score (nSPS) is 27.9. The summed E-state index contributed by atoms with van der Waals surface area (Å²) in [6.45, 7) is 12.5. The van der Waals surface area contributed by atoms with Gasteiger partial charge in [0.05, 0.1) is 12.2 Å². The third-order valence-electron chi connectivity index (χ3n) is 7.16. The highest BCUT2D eigenvalue weighted by Crippen LogP contribution is 2.46. The molecule has 0 aromatic carbocycles. The van der Waals surface area contributed by atoms with Gasteiger partial charge in [-0.15, -0.1) is 24.0 Å². The molecule has 6 nitrogen and oxygen atoms in total. The molecule has 0 radical (unpaired) electrons. The van der Waals surface area contributed by atoms with Crippen molar-refractivity contribution in [2.45, 2.75) is 59.0 Å². The lowest BCUT2D eigenvalue weighted by Gasteiger charge is -2.42. The van der Waals surface area contributed by atoms with E-state index in [-0.39, 0.29) is 24.0 Å². The van der Waals surface area contributed by atoms with Crippen LogP contribution in [0.25, 0.3) is 0 Å². The second kappa shape index (κ2) is 9.32. The molecule has 1 N–H and O–H groups in total. The van der Waals surface area contributed by atoms with Gasteiger partial charge in [-0.3, -0.25) is 9.58 Å². The van der Waals surface area contributed by atoms with Crippen LogP contribution in [0.3, 0.4) is 0 Å².